The van der Waals surface area contributed by atoms with Crippen LogP contribution >= 0.6 is 0 Å². The van der Waals surface area contributed by atoms with Gasteiger partial charge in [-0.1, -0.05) is 25.2 Å². The Hall–Kier alpha value is -1.54. The van der Waals surface area contributed by atoms with Gasteiger partial charge in [0.05, 0.1) is 12.1 Å². The third kappa shape index (κ3) is 2.03. The van der Waals surface area contributed by atoms with E-state index in [1.54, 1.807) is 0 Å². The van der Waals surface area contributed by atoms with Gasteiger partial charge >= 0.3 is 0 Å². The van der Waals surface area contributed by atoms with Gasteiger partial charge in [-0.25, -0.2) is 0 Å². The first kappa shape index (κ1) is 12.5. The molecule has 0 aromatic heterocycles. The first-order chi connectivity index (χ1) is 6.58. The molecule has 0 aliphatic carbocycles. The van der Waals surface area contributed by atoms with Crippen LogP contribution in [0.4, 0.5) is 0 Å². The molecule has 0 amide bonds. The molecule has 1 atom stereocenters. The van der Waals surface area contributed by atoms with Crippen molar-refractivity contribution in [3.63, 3.8) is 0 Å². The van der Waals surface area contributed by atoms with E-state index >= 15 is 0 Å². The molecule has 0 aliphatic rings. The Kier molecular flexibility index (Phi) is 4.67. The molecule has 0 aromatic carbocycles. The molecular weight excluding hydrogens is 172 g/mol. The molecular formula is C12H16N2. The summed E-state index contributed by atoms with van der Waals surface area (Å²) in [5.74, 6) is -0.0845. The van der Waals surface area contributed by atoms with E-state index in [0.717, 1.165) is 5.57 Å². The molecule has 1 unspecified atom stereocenters. The summed E-state index contributed by atoms with van der Waals surface area (Å²) in [5, 5.41) is 18.3. The van der Waals surface area contributed by atoms with E-state index in [1.165, 1.54) is 0 Å². The Balaban J connectivity index is 5.35. The number of nitrogens with zero attached hydrogens (tertiary/aromatic N) is 2. The van der Waals surface area contributed by atoms with E-state index in [2.05, 4.69) is 12.1 Å². The van der Waals surface area contributed by atoms with Crippen LogP contribution in [0.15, 0.2) is 23.8 Å². The summed E-state index contributed by atoms with van der Waals surface area (Å²) in [6.45, 7) is 7.45. The summed E-state index contributed by atoms with van der Waals surface area (Å²) in [4.78, 5) is 0. The third-order valence-corrected chi connectivity index (χ3v) is 2.57. The van der Waals surface area contributed by atoms with E-state index in [0.29, 0.717) is 0 Å². The molecule has 0 heterocycles. The quantitative estimate of drug-likeness (QED) is 0.638. The minimum absolute atomic E-state index is 0.0845. The van der Waals surface area contributed by atoms with Crippen molar-refractivity contribution in [2.75, 3.05) is 0 Å². The fourth-order valence-corrected chi connectivity index (χ4v) is 1.42. The molecule has 2 heteroatoms. The van der Waals surface area contributed by atoms with Crippen LogP contribution in [0.25, 0.3) is 0 Å². The van der Waals surface area contributed by atoms with Gasteiger partial charge in [-0.2, -0.15) is 10.5 Å². The predicted octanol–water partition coefficient (Wildman–Crippen LogP) is 3.20. The number of nitriles is 2. The lowest BCUT2D eigenvalue weighted by atomic mass is 9.73. The molecule has 74 valence electrons. The van der Waals surface area contributed by atoms with E-state index < -0.39 is 5.41 Å². The summed E-state index contributed by atoms with van der Waals surface area (Å²) in [7, 11) is 0. The monoisotopic (exact) mass is 188 g/mol. The van der Waals surface area contributed by atoms with Gasteiger partial charge in [-0.15, -0.1) is 0 Å². The average Bonchev–Trinajstić information content (AvgIpc) is 2.20. The molecule has 0 saturated carbocycles. The second-order valence-electron chi connectivity index (χ2n) is 3.32. The van der Waals surface area contributed by atoms with Gasteiger partial charge in [0.15, 0.2) is 5.41 Å². The minimum Gasteiger partial charge on any atom is -0.196 e. The molecule has 2 nitrogen and oxygen atoms in total. The molecule has 0 fully saturated rings. The standard InChI is InChI=1S/C12H16N2/c1-5-7-11(4)12(8-13,9-14)10(3)6-2/h5-7,11H,1-4H3/b7-5+,10-6+. The van der Waals surface area contributed by atoms with E-state index in [1.807, 2.05) is 45.9 Å². The Morgan fingerprint density at radius 1 is 1.29 bits per heavy atom. The van der Waals surface area contributed by atoms with E-state index in [9.17, 15) is 0 Å². The zero-order chi connectivity index (χ0) is 11.2. The van der Waals surface area contributed by atoms with Crippen LogP contribution in [0.5, 0.6) is 0 Å². The van der Waals surface area contributed by atoms with Crippen molar-refractivity contribution in [1.29, 1.82) is 10.5 Å². The lowest BCUT2D eigenvalue weighted by Crippen LogP contribution is -2.25. The predicted molar refractivity (Wildman–Crippen MR) is 57.1 cm³/mol. The van der Waals surface area contributed by atoms with Gasteiger partial charge in [0.2, 0.25) is 0 Å². The molecule has 0 spiro atoms. The molecule has 0 rings (SSSR count). The first-order valence-electron chi connectivity index (χ1n) is 4.67. The minimum atomic E-state index is -1.01. The molecule has 14 heavy (non-hydrogen) atoms. The van der Waals surface area contributed by atoms with Crippen molar-refractivity contribution < 1.29 is 0 Å². The Morgan fingerprint density at radius 3 is 2.07 bits per heavy atom. The highest BCUT2D eigenvalue weighted by Gasteiger charge is 2.36. The Morgan fingerprint density at radius 2 is 1.79 bits per heavy atom. The van der Waals surface area contributed by atoms with Crippen LogP contribution in [0, 0.1) is 34.0 Å². The lowest BCUT2D eigenvalue weighted by Gasteiger charge is -2.24. The van der Waals surface area contributed by atoms with Gasteiger partial charge in [-0.3, -0.25) is 0 Å². The first-order valence-corrected chi connectivity index (χ1v) is 4.67. The van der Waals surface area contributed by atoms with Crippen LogP contribution in [0.2, 0.25) is 0 Å². The smallest absolute Gasteiger partial charge is 0.170 e. The molecule has 0 aliphatic heterocycles. The number of hydrogen-bond donors (Lipinski definition) is 0. The summed E-state index contributed by atoms with van der Waals surface area (Å²) in [6.07, 6.45) is 5.59. The van der Waals surface area contributed by atoms with Gasteiger partial charge in [0.1, 0.15) is 0 Å². The zero-order valence-electron chi connectivity index (χ0n) is 9.20. The van der Waals surface area contributed by atoms with Crippen molar-refractivity contribution in [3.8, 4) is 12.1 Å². The van der Waals surface area contributed by atoms with Crippen LogP contribution < -0.4 is 0 Å². The van der Waals surface area contributed by atoms with Crippen molar-refractivity contribution in [2.24, 2.45) is 11.3 Å². The van der Waals surface area contributed by atoms with Crippen LogP contribution in [-0.2, 0) is 0 Å². The van der Waals surface area contributed by atoms with Crippen molar-refractivity contribution in [2.45, 2.75) is 27.7 Å². The van der Waals surface area contributed by atoms with Crippen molar-refractivity contribution in [1.82, 2.24) is 0 Å². The Bertz CT molecular complexity index is 309. The second kappa shape index (κ2) is 5.25. The van der Waals surface area contributed by atoms with Crippen molar-refractivity contribution in [3.05, 3.63) is 23.8 Å². The maximum absolute atomic E-state index is 9.13. The molecule has 0 saturated heterocycles. The molecule has 0 N–H and O–H groups in total. The summed E-state index contributed by atoms with van der Waals surface area (Å²) < 4.78 is 0. The topological polar surface area (TPSA) is 47.6 Å². The highest BCUT2D eigenvalue weighted by Crippen LogP contribution is 2.35. The fraction of sp³-hybridized carbons (Fsp3) is 0.500. The zero-order valence-corrected chi connectivity index (χ0v) is 9.20. The SMILES string of the molecule is C/C=C/C(C)C(C#N)(C#N)/C(C)=C/C. The lowest BCUT2D eigenvalue weighted by molar-refractivity contribution is 0.476. The highest BCUT2D eigenvalue weighted by molar-refractivity contribution is 5.34. The van der Waals surface area contributed by atoms with Gasteiger partial charge in [0.25, 0.3) is 0 Å². The van der Waals surface area contributed by atoms with Crippen LogP contribution in [0.3, 0.4) is 0 Å². The molecule has 0 bridgehead atoms. The fourth-order valence-electron chi connectivity index (χ4n) is 1.42. The average molecular weight is 188 g/mol. The largest absolute Gasteiger partial charge is 0.196 e. The number of allylic oxidation sites excluding steroid dienone is 4. The maximum atomic E-state index is 9.13. The van der Waals surface area contributed by atoms with Crippen molar-refractivity contribution >= 4 is 0 Å². The van der Waals surface area contributed by atoms with Gasteiger partial charge < -0.3 is 0 Å². The molecule has 0 radical (unpaired) electrons. The van der Waals surface area contributed by atoms with Gasteiger partial charge in [0, 0.05) is 5.92 Å². The van der Waals surface area contributed by atoms with Gasteiger partial charge in [-0.05, 0) is 26.3 Å². The maximum Gasteiger partial charge on any atom is 0.170 e. The van der Waals surface area contributed by atoms with Crippen LogP contribution in [0.1, 0.15) is 27.7 Å². The third-order valence-electron chi connectivity index (χ3n) is 2.57. The summed E-state index contributed by atoms with van der Waals surface area (Å²) in [6, 6.07) is 4.24. The second-order valence-corrected chi connectivity index (χ2v) is 3.32. The van der Waals surface area contributed by atoms with E-state index in [4.69, 9.17) is 10.5 Å². The highest BCUT2D eigenvalue weighted by atomic mass is 14.4. The van der Waals surface area contributed by atoms with E-state index in [-0.39, 0.29) is 5.92 Å². The Labute approximate surface area is 86.2 Å². The number of hydrogen-bond acceptors (Lipinski definition) is 2. The normalized spacial score (nSPS) is 14.9. The van der Waals surface area contributed by atoms with Crippen LogP contribution in [-0.4, -0.2) is 0 Å². The summed E-state index contributed by atoms with van der Waals surface area (Å²) in [5.41, 5.74) is -0.200. The summed E-state index contributed by atoms with van der Waals surface area (Å²) >= 11 is 0. The number of rotatable bonds is 3. The molecule has 0 aromatic rings.